The quantitative estimate of drug-likeness (QED) is 0.638. The number of para-hydroxylation sites is 1. The van der Waals surface area contributed by atoms with Gasteiger partial charge in [0.05, 0.1) is 10.3 Å². The van der Waals surface area contributed by atoms with Crippen LogP contribution in [-0.4, -0.2) is 36.7 Å². The molecule has 7 heteroatoms. The molecular formula is C24H29N3O3S. The Morgan fingerprint density at radius 1 is 1.03 bits per heavy atom. The summed E-state index contributed by atoms with van der Waals surface area (Å²) >= 11 is 1.59. The van der Waals surface area contributed by atoms with E-state index >= 15 is 0 Å². The molecule has 2 aliphatic rings. The van der Waals surface area contributed by atoms with Crippen LogP contribution in [0.3, 0.4) is 0 Å². The lowest BCUT2D eigenvalue weighted by atomic mass is 9.77. The van der Waals surface area contributed by atoms with E-state index in [0.717, 1.165) is 50.1 Å². The standard InChI is InChI=1S/C24H29N3O3S/c1-26-21(28)19-4-2-3-5-20(19)30-17-6-8-18(9-7-17)31-24(22(25)29)11-10-23(16-24)12-14-27-15-13-23/h2-9,27H,10-16H2,1H3,(H2,25,29)(H,26,28). The van der Waals surface area contributed by atoms with Gasteiger partial charge in [-0.3, -0.25) is 9.59 Å². The van der Waals surface area contributed by atoms with E-state index < -0.39 is 4.75 Å². The van der Waals surface area contributed by atoms with Crippen LogP contribution in [0.4, 0.5) is 0 Å². The van der Waals surface area contributed by atoms with Crippen molar-refractivity contribution in [1.82, 2.24) is 10.6 Å². The van der Waals surface area contributed by atoms with Crippen LogP contribution in [0.5, 0.6) is 11.5 Å². The molecule has 2 fully saturated rings. The lowest BCUT2D eigenvalue weighted by molar-refractivity contribution is -0.120. The van der Waals surface area contributed by atoms with Crippen LogP contribution < -0.4 is 21.1 Å². The zero-order valence-electron chi connectivity index (χ0n) is 17.8. The second-order valence-corrected chi connectivity index (χ2v) is 9.99. The molecule has 6 nitrogen and oxygen atoms in total. The average molecular weight is 440 g/mol. The Balaban J connectivity index is 1.48. The maximum atomic E-state index is 12.5. The van der Waals surface area contributed by atoms with Gasteiger partial charge in [0.2, 0.25) is 5.91 Å². The Kier molecular flexibility index (Phi) is 6.25. The number of carbonyl (C=O) groups is 2. The van der Waals surface area contributed by atoms with Crippen LogP contribution in [0.25, 0.3) is 0 Å². The number of hydrogen-bond donors (Lipinski definition) is 3. The first-order chi connectivity index (χ1) is 15.0. The van der Waals surface area contributed by atoms with Crippen molar-refractivity contribution in [3.05, 3.63) is 54.1 Å². The number of rotatable bonds is 6. The summed E-state index contributed by atoms with van der Waals surface area (Å²) in [5, 5.41) is 6.05. The van der Waals surface area contributed by atoms with Gasteiger partial charge in [-0.2, -0.15) is 0 Å². The van der Waals surface area contributed by atoms with Crippen LogP contribution in [0, 0.1) is 5.41 Å². The number of nitrogens with two attached hydrogens (primary N) is 1. The van der Waals surface area contributed by atoms with Crippen molar-refractivity contribution in [3.63, 3.8) is 0 Å². The van der Waals surface area contributed by atoms with Gasteiger partial charge in [0, 0.05) is 11.9 Å². The van der Waals surface area contributed by atoms with Crippen molar-refractivity contribution in [2.75, 3.05) is 20.1 Å². The van der Waals surface area contributed by atoms with Gasteiger partial charge in [0.1, 0.15) is 11.5 Å². The Morgan fingerprint density at radius 3 is 2.42 bits per heavy atom. The van der Waals surface area contributed by atoms with Crippen molar-refractivity contribution in [2.45, 2.75) is 41.7 Å². The number of carbonyl (C=O) groups excluding carboxylic acids is 2. The molecule has 1 aliphatic heterocycles. The number of piperidine rings is 1. The van der Waals surface area contributed by atoms with Gasteiger partial charge in [-0.15, -0.1) is 11.8 Å². The number of hydrogen-bond acceptors (Lipinski definition) is 5. The van der Waals surface area contributed by atoms with E-state index in [0.29, 0.717) is 17.1 Å². The third-order valence-corrected chi connectivity index (χ3v) is 8.00. The highest BCUT2D eigenvalue weighted by molar-refractivity contribution is 8.01. The summed E-state index contributed by atoms with van der Waals surface area (Å²) in [5.41, 5.74) is 6.64. The lowest BCUT2D eigenvalue weighted by Gasteiger charge is -2.35. The maximum absolute atomic E-state index is 12.5. The third kappa shape index (κ3) is 4.57. The lowest BCUT2D eigenvalue weighted by Crippen LogP contribution is -2.42. The molecule has 0 bridgehead atoms. The summed E-state index contributed by atoms with van der Waals surface area (Å²) in [6.07, 6.45) is 4.95. The minimum absolute atomic E-state index is 0.195. The molecule has 2 aromatic rings. The van der Waals surface area contributed by atoms with E-state index in [4.69, 9.17) is 10.5 Å². The largest absolute Gasteiger partial charge is 0.457 e. The van der Waals surface area contributed by atoms with E-state index in [2.05, 4.69) is 10.6 Å². The van der Waals surface area contributed by atoms with E-state index in [9.17, 15) is 9.59 Å². The second kappa shape index (κ2) is 8.93. The first-order valence-corrected chi connectivity index (χ1v) is 11.6. The molecule has 31 heavy (non-hydrogen) atoms. The number of nitrogens with one attached hydrogen (secondary N) is 2. The molecule has 1 spiro atoms. The van der Waals surface area contributed by atoms with Crippen LogP contribution in [0.15, 0.2) is 53.4 Å². The molecule has 1 atom stereocenters. The molecule has 1 unspecified atom stereocenters. The van der Waals surface area contributed by atoms with Crippen molar-refractivity contribution >= 4 is 23.6 Å². The van der Waals surface area contributed by atoms with Crippen molar-refractivity contribution in [3.8, 4) is 11.5 Å². The Labute approximate surface area is 187 Å². The molecule has 1 saturated carbocycles. The van der Waals surface area contributed by atoms with Crippen LogP contribution in [-0.2, 0) is 4.79 Å². The van der Waals surface area contributed by atoms with Gasteiger partial charge in [0.25, 0.3) is 5.91 Å². The molecule has 0 aromatic heterocycles. The van der Waals surface area contributed by atoms with E-state index in [1.807, 2.05) is 30.3 Å². The fourth-order valence-electron chi connectivity index (χ4n) is 4.79. The van der Waals surface area contributed by atoms with Gasteiger partial charge in [-0.1, -0.05) is 12.1 Å². The Bertz CT molecular complexity index is 957. The average Bonchev–Trinajstić information content (AvgIpc) is 3.14. The normalized spacial score (nSPS) is 22.2. The van der Waals surface area contributed by atoms with Gasteiger partial charge in [-0.05, 0) is 87.0 Å². The van der Waals surface area contributed by atoms with Crippen molar-refractivity contribution in [2.24, 2.45) is 11.1 Å². The highest BCUT2D eigenvalue weighted by Gasteiger charge is 2.52. The topological polar surface area (TPSA) is 93.4 Å². The Hall–Kier alpha value is -2.51. The Morgan fingerprint density at radius 2 is 1.74 bits per heavy atom. The fraction of sp³-hybridized carbons (Fsp3) is 0.417. The third-order valence-electron chi connectivity index (χ3n) is 6.56. The SMILES string of the molecule is CNC(=O)c1ccccc1Oc1ccc(SC2(C(N)=O)CCC3(CCNCC3)C2)cc1. The second-order valence-electron chi connectivity index (χ2n) is 8.54. The van der Waals surface area contributed by atoms with Gasteiger partial charge in [-0.25, -0.2) is 0 Å². The van der Waals surface area contributed by atoms with E-state index in [1.54, 1.807) is 37.0 Å². The van der Waals surface area contributed by atoms with Gasteiger partial charge < -0.3 is 21.1 Å². The van der Waals surface area contributed by atoms with Gasteiger partial charge in [0.15, 0.2) is 0 Å². The number of ether oxygens (including phenoxy) is 1. The fourth-order valence-corrected chi connectivity index (χ4v) is 6.19. The molecule has 0 radical (unpaired) electrons. The summed E-state index contributed by atoms with van der Waals surface area (Å²) in [6, 6.07) is 14.8. The smallest absolute Gasteiger partial charge is 0.254 e. The first-order valence-electron chi connectivity index (χ1n) is 10.7. The van der Waals surface area contributed by atoms with Gasteiger partial charge >= 0.3 is 0 Å². The predicted octanol–water partition coefficient (Wildman–Crippen LogP) is 3.71. The predicted molar refractivity (Wildman–Crippen MR) is 123 cm³/mol. The summed E-state index contributed by atoms with van der Waals surface area (Å²) in [4.78, 5) is 25.6. The van der Waals surface area contributed by atoms with Crippen molar-refractivity contribution < 1.29 is 14.3 Å². The minimum Gasteiger partial charge on any atom is -0.457 e. The highest BCUT2D eigenvalue weighted by atomic mass is 32.2. The highest BCUT2D eigenvalue weighted by Crippen LogP contribution is 2.56. The molecule has 4 rings (SSSR count). The van der Waals surface area contributed by atoms with Crippen LogP contribution >= 0.6 is 11.8 Å². The van der Waals surface area contributed by atoms with E-state index in [-0.39, 0.29) is 17.2 Å². The number of amides is 2. The number of primary amides is 1. The molecule has 1 aliphatic carbocycles. The summed E-state index contributed by atoms with van der Waals surface area (Å²) in [7, 11) is 1.59. The van der Waals surface area contributed by atoms with Crippen LogP contribution in [0.1, 0.15) is 42.5 Å². The molecule has 2 aromatic carbocycles. The molecule has 4 N–H and O–H groups in total. The molecule has 1 heterocycles. The zero-order chi connectivity index (χ0) is 21.9. The summed E-state index contributed by atoms with van der Waals surface area (Å²) in [6.45, 7) is 2.03. The number of thioether (sulfide) groups is 1. The summed E-state index contributed by atoms with van der Waals surface area (Å²) < 4.78 is 5.40. The first kappa shape index (κ1) is 21.7. The zero-order valence-corrected chi connectivity index (χ0v) is 18.6. The molecule has 2 amide bonds. The number of benzene rings is 2. The molecular weight excluding hydrogens is 410 g/mol. The molecule has 164 valence electrons. The van der Waals surface area contributed by atoms with E-state index in [1.165, 1.54) is 0 Å². The van der Waals surface area contributed by atoms with Crippen LogP contribution in [0.2, 0.25) is 0 Å². The summed E-state index contributed by atoms with van der Waals surface area (Å²) in [5.74, 6) is 0.724. The monoisotopic (exact) mass is 439 g/mol. The maximum Gasteiger partial charge on any atom is 0.254 e. The van der Waals surface area contributed by atoms with Crippen molar-refractivity contribution in [1.29, 1.82) is 0 Å². The molecule has 1 saturated heterocycles. The minimum atomic E-state index is -0.550.